The molecule has 0 aliphatic rings. The molecule has 0 fully saturated rings. The summed E-state index contributed by atoms with van der Waals surface area (Å²) in [4.78, 5) is 11.4. The van der Waals surface area contributed by atoms with Crippen LogP contribution in [0.1, 0.15) is 25.5 Å². The number of primary amides is 1. The van der Waals surface area contributed by atoms with Gasteiger partial charge in [-0.05, 0) is 36.2 Å². The fourth-order valence-electron chi connectivity index (χ4n) is 1.48. The van der Waals surface area contributed by atoms with Crippen molar-refractivity contribution < 1.29 is 4.79 Å². The minimum absolute atomic E-state index is 0.423. The van der Waals surface area contributed by atoms with Crippen LogP contribution in [-0.2, 0) is 4.79 Å². The van der Waals surface area contributed by atoms with E-state index >= 15 is 0 Å². The highest BCUT2D eigenvalue weighted by atomic mass is 35.5. The smallest absolute Gasteiger partial charge is 0.239 e. The Labute approximate surface area is 111 Å². The largest absolute Gasteiger partial charge is 0.368 e. The molecule has 3 N–H and O–H groups in total. The Bertz CT molecular complexity index is 387. The van der Waals surface area contributed by atoms with Gasteiger partial charge in [0.25, 0.3) is 0 Å². The van der Waals surface area contributed by atoms with Gasteiger partial charge in [-0.1, -0.05) is 37.0 Å². The van der Waals surface area contributed by atoms with Crippen LogP contribution in [-0.4, -0.2) is 12.5 Å². The number of hydrogen-bond donors (Lipinski definition) is 2. The lowest BCUT2D eigenvalue weighted by Crippen LogP contribution is -2.35. The molecule has 5 heteroatoms. The van der Waals surface area contributed by atoms with Gasteiger partial charge in [0.15, 0.2) is 0 Å². The molecule has 0 saturated heterocycles. The summed E-state index contributed by atoms with van der Waals surface area (Å²) < 4.78 is 0. The van der Waals surface area contributed by atoms with E-state index in [-0.39, 0.29) is 0 Å². The summed E-state index contributed by atoms with van der Waals surface area (Å²) in [5.41, 5.74) is 6.06. The van der Waals surface area contributed by atoms with Crippen molar-refractivity contribution in [2.75, 3.05) is 6.54 Å². The lowest BCUT2D eigenvalue weighted by atomic mass is 10.1. The second-order valence-electron chi connectivity index (χ2n) is 4.34. The van der Waals surface area contributed by atoms with Gasteiger partial charge in [-0.15, -0.1) is 0 Å². The highest BCUT2D eigenvalue weighted by molar-refractivity contribution is 6.34. The van der Waals surface area contributed by atoms with E-state index in [9.17, 15) is 4.79 Å². The van der Waals surface area contributed by atoms with E-state index in [0.717, 1.165) is 0 Å². The Morgan fingerprint density at radius 3 is 2.24 bits per heavy atom. The van der Waals surface area contributed by atoms with Gasteiger partial charge < -0.3 is 11.1 Å². The third-order valence-electron chi connectivity index (χ3n) is 2.23. The molecular formula is C12H16Cl2N2O. The van der Waals surface area contributed by atoms with E-state index in [1.807, 2.05) is 0 Å². The predicted molar refractivity (Wildman–Crippen MR) is 71.2 cm³/mol. The third-order valence-corrected chi connectivity index (χ3v) is 2.67. The summed E-state index contributed by atoms with van der Waals surface area (Å²) in [5, 5.41) is 4.08. The number of halogens is 2. The Morgan fingerprint density at radius 1 is 1.29 bits per heavy atom. The van der Waals surface area contributed by atoms with Crippen LogP contribution < -0.4 is 11.1 Å². The fraction of sp³-hybridized carbons (Fsp3) is 0.417. The lowest BCUT2D eigenvalue weighted by Gasteiger charge is -2.17. The number of nitrogens with one attached hydrogen (secondary N) is 1. The van der Waals surface area contributed by atoms with E-state index in [4.69, 9.17) is 28.9 Å². The molecular weight excluding hydrogens is 259 g/mol. The number of benzene rings is 1. The number of rotatable bonds is 5. The second-order valence-corrected chi connectivity index (χ2v) is 5.21. The van der Waals surface area contributed by atoms with Crippen LogP contribution in [0.15, 0.2) is 18.2 Å². The Kier molecular flexibility index (Phi) is 5.25. The van der Waals surface area contributed by atoms with Crippen molar-refractivity contribution in [2.45, 2.75) is 19.9 Å². The van der Waals surface area contributed by atoms with Crippen LogP contribution in [0, 0.1) is 5.92 Å². The average Bonchev–Trinajstić information content (AvgIpc) is 2.14. The quantitative estimate of drug-likeness (QED) is 0.868. The number of carbonyl (C=O) groups is 1. The summed E-state index contributed by atoms with van der Waals surface area (Å²) in [6, 6.07) is 4.44. The maximum absolute atomic E-state index is 11.4. The zero-order chi connectivity index (χ0) is 13.0. The molecule has 0 bridgehead atoms. The molecule has 0 saturated carbocycles. The topological polar surface area (TPSA) is 55.1 Å². The lowest BCUT2D eigenvalue weighted by molar-refractivity contribution is -0.120. The predicted octanol–water partition coefficient (Wildman–Crippen LogP) is 2.77. The van der Waals surface area contributed by atoms with Crippen LogP contribution in [0.3, 0.4) is 0 Å². The first-order valence-electron chi connectivity index (χ1n) is 5.39. The first kappa shape index (κ1) is 14.3. The molecule has 0 heterocycles. The Balaban J connectivity index is 2.93. The van der Waals surface area contributed by atoms with Gasteiger partial charge in [0.05, 0.1) is 0 Å². The summed E-state index contributed by atoms with van der Waals surface area (Å²) >= 11 is 11.8. The fourth-order valence-corrected chi connectivity index (χ4v) is 2.02. The summed E-state index contributed by atoms with van der Waals surface area (Å²) in [6.07, 6.45) is 0. The maximum Gasteiger partial charge on any atom is 0.239 e. The molecule has 1 aromatic carbocycles. The summed E-state index contributed by atoms with van der Waals surface area (Å²) in [6.45, 7) is 4.80. The van der Waals surface area contributed by atoms with Gasteiger partial charge in [-0.3, -0.25) is 4.79 Å². The molecule has 94 valence electrons. The molecule has 17 heavy (non-hydrogen) atoms. The van der Waals surface area contributed by atoms with Gasteiger partial charge >= 0.3 is 0 Å². The van der Waals surface area contributed by atoms with Crippen LogP contribution in [0.4, 0.5) is 0 Å². The van der Waals surface area contributed by atoms with E-state index in [0.29, 0.717) is 28.1 Å². The van der Waals surface area contributed by atoms with Gasteiger partial charge in [-0.25, -0.2) is 0 Å². The number of hydrogen-bond acceptors (Lipinski definition) is 2. The van der Waals surface area contributed by atoms with Crippen molar-refractivity contribution in [1.29, 1.82) is 0 Å². The zero-order valence-corrected chi connectivity index (χ0v) is 11.3. The van der Waals surface area contributed by atoms with Crippen molar-refractivity contribution >= 4 is 29.1 Å². The molecule has 0 spiro atoms. The molecule has 0 aliphatic carbocycles. The summed E-state index contributed by atoms with van der Waals surface area (Å²) in [7, 11) is 0. The molecule has 0 aromatic heterocycles. The average molecular weight is 275 g/mol. The van der Waals surface area contributed by atoms with Gasteiger partial charge in [-0.2, -0.15) is 0 Å². The van der Waals surface area contributed by atoms with Crippen molar-refractivity contribution in [2.24, 2.45) is 11.7 Å². The number of carbonyl (C=O) groups excluding carboxylic acids is 1. The monoisotopic (exact) mass is 274 g/mol. The minimum Gasteiger partial charge on any atom is -0.368 e. The second kappa shape index (κ2) is 6.24. The van der Waals surface area contributed by atoms with Crippen molar-refractivity contribution in [3.8, 4) is 0 Å². The van der Waals surface area contributed by atoms with Crippen LogP contribution >= 0.6 is 23.2 Å². The molecule has 1 unspecified atom stereocenters. The highest BCUT2D eigenvalue weighted by Crippen LogP contribution is 2.23. The van der Waals surface area contributed by atoms with Crippen LogP contribution in [0.5, 0.6) is 0 Å². The molecule has 1 rings (SSSR count). The first-order chi connectivity index (χ1) is 7.90. The highest BCUT2D eigenvalue weighted by Gasteiger charge is 2.18. The maximum atomic E-state index is 11.4. The van der Waals surface area contributed by atoms with Gasteiger partial charge in [0.1, 0.15) is 6.04 Å². The normalized spacial score (nSPS) is 12.8. The Morgan fingerprint density at radius 2 is 1.82 bits per heavy atom. The first-order valence-corrected chi connectivity index (χ1v) is 6.14. The van der Waals surface area contributed by atoms with Crippen molar-refractivity contribution in [3.05, 3.63) is 33.8 Å². The van der Waals surface area contributed by atoms with E-state index in [1.165, 1.54) is 0 Å². The molecule has 1 amide bonds. The Hall–Kier alpha value is -0.770. The van der Waals surface area contributed by atoms with E-state index in [1.54, 1.807) is 18.2 Å². The van der Waals surface area contributed by atoms with Crippen LogP contribution in [0.2, 0.25) is 10.0 Å². The third kappa shape index (κ3) is 4.54. The molecule has 1 aromatic rings. The standard InChI is InChI=1S/C12H16Cl2N2O/c1-7(2)6-16-11(12(15)17)8-3-9(13)5-10(14)4-8/h3-5,7,11,16H,6H2,1-2H3,(H2,15,17). The number of nitrogens with two attached hydrogens (primary N) is 1. The molecule has 0 aliphatic heterocycles. The SMILES string of the molecule is CC(C)CNC(C(N)=O)c1cc(Cl)cc(Cl)c1. The van der Waals surface area contributed by atoms with Crippen molar-refractivity contribution in [1.82, 2.24) is 5.32 Å². The molecule has 0 radical (unpaired) electrons. The van der Waals surface area contributed by atoms with E-state index < -0.39 is 11.9 Å². The van der Waals surface area contributed by atoms with E-state index in [2.05, 4.69) is 19.2 Å². The molecule has 1 atom stereocenters. The van der Waals surface area contributed by atoms with Crippen molar-refractivity contribution in [3.63, 3.8) is 0 Å². The zero-order valence-electron chi connectivity index (χ0n) is 9.84. The molecule has 3 nitrogen and oxygen atoms in total. The van der Waals surface area contributed by atoms with Crippen LogP contribution in [0.25, 0.3) is 0 Å². The number of amides is 1. The van der Waals surface area contributed by atoms with Gasteiger partial charge in [0, 0.05) is 10.0 Å². The minimum atomic E-state index is -0.561. The summed E-state index contributed by atoms with van der Waals surface area (Å²) in [5.74, 6) is -0.0181. The van der Waals surface area contributed by atoms with Gasteiger partial charge in [0.2, 0.25) is 5.91 Å².